The third-order valence-electron chi connectivity index (χ3n) is 3.58. The summed E-state index contributed by atoms with van der Waals surface area (Å²) in [6, 6.07) is 11.1. The van der Waals surface area contributed by atoms with Crippen LogP contribution in [-0.2, 0) is 16.4 Å². The van der Waals surface area contributed by atoms with Crippen molar-refractivity contribution in [3.8, 4) is 11.5 Å². The molecule has 7 nitrogen and oxygen atoms in total. The van der Waals surface area contributed by atoms with E-state index >= 15 is 0 Å². The average molecular weight is 348 g/mol. The summed E-state index contributed by atoms with van der Waals surface area (Å²) in [6.45, 7) is 2.08. The Kier molecular flexibility index (Phi) is 4.41. The van der Waals surface area contributed by atoms with E-state index in [1.807, 2.05) is 6.92 Å². The Hall–Kier alpha value is -2.58. The van der Waals surface area contributed by atoms with Crippen LogP contribution in [0.15, 0.2) is 47.4 Å². The highest BCUT2D eigenvalue weighted by Crippen LogP contribution is 2.32. The average Bonchev–Trinajstić information content (AvgIpc) is 3.07. The van der Waals surface area contributed by atoms with Crippen molar-refractivity contribution < 1.29 is 22.7 Å². The van der Waals surface area contributed by atoms with Gasteiger partial charge in [0.05, 0.1) is 4.90 Å². The molecule has 2 aromatic carbocycles. The smallest absolute Gasteiger partial charge is 0.266 e. The fraction of sp³-hybridized carbons (Fsp3) is 0.188. The molecule has 0 fully saturated rings. The Morgan fingerprint density at radius 1 is 1.08 bits per heavy atom. The SMILES string of the molecule is CCc1ccc(S(=O)(=O)NNC(=O)c2ccc3c(c2)OCO3)cc1. The summed E-state index contributed by atoms with van der Waals surface area (Å²) in [5, 5.41) is 0. The van der Waals surface area contributed by atoms with Crippen LogP contribution in [0.3, 0.4) is 0 Å². The number of nitrogens with one attached hydrogen (secondary N) is 2. The van der Waals surface area contributed by atoms with Crippen molar-refractivity contribution in [1.82, 2.24) is 10.3 Å². The summed E-state index contributed by atoms with van der Waals surface area (Å²) in [4.78, 5) is 14.2. The summed E-state index contributed by atoms with van der Waals surface area (Å²) in [5.74, 6) is 0.394. The van der Waals surface area contributed by atoms with Crippen LogP contribution in [0.5, 0.6) is 11.5 Å². The number of rotatable bonds is 5. The molecule has 1 aliphatic rings. The summed E-state index contributed by atoms with van der Waals surface area (Å²) >= 11 is 0. The molecule has 0 radical (unpaired) electrons. The lowest BCUT2D eigenvalue weighted by Gasteiger charge is -2.09. The predicted octanol–water partition coefficient (Wildman–Crippen LogP) is 1.60. The summed E-state index contributed by atoms with van der Waals surface area (Å²) in [6.07, 6.45) is 0.814. The zero-order valence-corrected chi connectivity index (χ0v) is 13.7. The molecule has 2 aromatic rings. The number of hydrogen-bond acceptors (Lipinski definition) is 5. The molecule has 3 rings (SSSR count). The van der Waals surface area contributed by atoms with Crippen molar-refractivity contribution in [2.45, 2.75) is 18.2 Å². The van der Waals surface area contributed by atoms with Crippen molar-refractivity contribution >= 4 is 15.9 Å². The quantitative estimate of drug-likeness (QED) is 0.801. The molecular weight excluding hydrogens is 332 g/mol. The zero-order chi connectivity index (χ0) is 17.2. The van der Waals surface area contributed by atoms with Crippen molar-refractivity contribution in [3.05, 3.63) is 53.6 Å². The van der Waals surface area contributed by atoms with E-state index < -0.39 is 15.9 Å². The number of sulfonamides is 1. The van der Waals surface area contributed by atoms with Crippen LogP contribution < -0.4 is 19.7 Å². The van der Waals surface area contributed by atoms with Gasteiger partial charge in [-0.1, -0.05) is 19.1 Å². The standard InChI is InChI=1S/C16H16N2O5S/c1-2-11-3-6-13(7-4-11)24(20,21)18-17-16(19)12-5-8-14-15(9-12)23-10-22-14/h3-9,18H,2,10H2,1H3,(H,17,19). The van der Waals surface area contributed by atoms with Gasteiger partial charge < -0.3 is 9.47 Å². The Morgan fingerprint density at radius 2 is 1.79 bits per heavy atom. The van der Waals surface area contributed by atoms with Crippen molar-refractivity contribution in [1.29, 1.82) is 0 Å². The van der Waals surface area contributed by atoms with E-state index in [0.29, 0.717) is 11.5 Å². The van der Waals surface area contributed by atoms with Crippen LogP contribution in [-0.4, -0.2) is 21.1 Å². The predicted molar refractivity (Wildman–Crippen MR) is 86.2 cm³/mol. The van der Waals surface area contributed by atoms with E-state index in [0.717, 1.165) is 12.0 Å². The van der Waals surface area contributed by atoms with Gasteiger partial charge in [0.1, 0.15) is 0 Å². The molecule has 24 heavy (non-hydrogen) atoms. The zero-order valence-electron chi connectivity index (χ0n) is 12.9. The molecule has 0 atom stereocenters. The van der Waals surface area contributed by atoms with E-state index in [4.69, 9.17) is 9.47 Å². The van der Waals surface area contributed by atoms with Gasteiger partial charge >= 0.3 is 0 Å². The molecule has 126 valence electrons. The number of benzene rings is 2. The molecule has 1 heterocycles. The number of fused-ring (bicyclic) bond motifs is 1. The third-order valence-corrected chi connectivity index (χ3v) is 4.84. The number of carbonyl (C=O) groups excluding carboxylic acids is 1. The van der Waals surface area contributed by atoms with Gasteiger partial charge in [0.2, 0.25) is 6.79 Å². The molecule has 8 heteroatoms. The maximum Gasteiger partial charge on any atom is 0.266 e. The second-order valence-corrected chi connectivity index (χ2v) is 6.81. The van der Waals surface area contributed by atoms with Gasteiger partial charge in [-0.3, -0.25) is 10.2 Å². The molecule has 2 N–H and O–H groups in total. The maximum atomic E-state index is 12.2. The molecule has 0 aliphatic carbocycles. The lowest BCUT2D eigenvalue weighted by atomic mass is 10.2. The van der Waals surface area contributed by atoms with Crippen LogP contribution in [0, 0.1) is 0 Å². The first-order chi connectivity index (χ1) is 11.5. The molecule has 0 unspecified atom stereocenters. The Labute approximate surface area is 139 Å². The molecule has 0 aromatic heterocycles. The van der Waals surface area contributed by atoms with Gasteiger partial charge in [-0.2, -0.15) is 0 Å². The number of hydrogen-bond donors (Lipinski definition) is 2. The minimum atomic E-state index is -3.84. The van der Waals surface area contributed by atoms with Crippen LogP contribution in [0.2, 0.25) is 0 Å². The van der Waals surface area contributed by atoms with Crippen molar-refractivity contribution in [2.24, 2.45) is 0 Å². The highest BCUT2D eigenvalue weighted by atomic mass is 32.2. The van der Waals surface area contributed by atoms with Gasteiger partial charge in [0.15, 0.2) is 11.5 Å². The van der Waals surface area contributed by atoms with E-state index in [2.05, 4.69) is 10.3 Å². The van der Waals surface area contributed by atoms with Crippen LogP contribution >= 0.6 is 0 Å². The Bertz CT molecular complexity index is 863. The lowest BCUT2D eigenvalue weighted by Crippen LogP contribution is -2.41. The first kappa shape index (κ1) is 16.3. The molecule has 1 amide bonds. The Morgan fingerprint density at radius 3 is 2.50 bits per heavy atom. The fourth-order valence-corrected chi connectivity index (χ4v) is 3.03. The number of carbonyl (C=O) groups is 1. The number of hydrazine groups is 1. The van der Waals surface area contributed by atoms with E-state index in [-0.39, 0.29) is 17.3 Å². The van der Waals surface area contributed by atoms with Crippen LogP contribution in [0.25, 0.3) is 0 Å². The van der Waals surface area contributed by atoms with Crippen molar-refractivity contribution in [2.75, 3.05) is 6.79 Å². The maximum absolute atomic E-state index is 12.2. The van der Waals surface area contributed by atoms with Gasteiger partial charge in [-0.15, -0.1) is 4.83 Å². The summed E-state index contributed by atoms with van der Waals surface area (Å²) in [7, 11) is -3.84. The monoisotopic (exact) mass is 348 g/mol. The summed E-state index contributed by atoms with van der Waals surface area (Å²) in [5.41, 5.74) is 3.46. The number of ether oxygens (including phenoxy) is 2. The van der Waals surface area contributed by atoms with Crippen LogP contribution in [0.1, 0.15) is 22.8 Å². The minimum Gasteiger partial charge on any atom is -0.454 e. The minimum absolute atomic E-state index is 0.0747. The first-order valence-corrected chi connectivity index (χ1v) is 8.78. The van der Waals surface area contributed by atoms with E-state index in [1.54, 1.807) is 18.2 Å². The van der Waals surface area contributed by atoms with Crippen molar-refractivity contribution in [3.63, 3.8) is 0 Å². The molecule has 0 saturated heterocycles. The number of amides is 1. The van der Waals surface area contributed by atoms with E-state index in [1.165, 1.54) is 24.3 Å². The molecular formula is C16H16N2O5S. The lowest BCUT2D eigenvalue weighted by molar-refractivity contribution is 0.0944. The van der Waals surface area contributed by atoms with Gasteiger partial charge in [0, 0.05) is 5.56 Å². The molecule has 1 aliphatic heterocycles. The fourth-order valence-electron chi connectivity index (χ4n) is 2.19. The van der Waals surface area contributed by atoms with E-state index in [9.17, 15) is 13.2 Å². The summed E-state index contributed by atoms with van der Waals surface area (Å²) < 4.78 is 34.7. The molecule has 0 saturated carbocycles. The topological polar surface area (TPSA) is 93.7 Å². The van der Waals surface area contributed by atoms with Gasteiger partial charge in [-0.25, -0.2) is 8.42 Å². The highest BCUT2D eigenvalue weighted by molar-refractivity contribution is 7.89. The van der Waals surface area contributed by atoms with Crippen LogP contribution in [0.4, 0.5) is 0 Å². The Balaban J connectivity index is 1.68. The first-order valence-electron chi connectivity index (χ1n) is 7.30. The second kappa shape index (κ2) is 6.50. The normalized spacial score (nSPS) is 12.9. The molecule has 0 bridgehead atoms. The largest absolute Gasteiger partial charge is 0.454 e. The molecule has 0 spiro atoms. The second-order valence-electron chi connectivity index (χ2n) is 5.13. The van der Waals surface area contributed by atoms with Gasteiger partial charge in [0.25, 0.3) is 15.9 Å². The number of aryl methyl sites for hydroxylation is 1. The van der Waals surface area contributed by atoms with Gasteiger partial charge in [-0.05, 0) is 42.3 Å². The third kappa shape index (κ3) is 3.34. The highest BCUT2D eigenvalue weighted by Gasteiger charge is 2.18.